The van der Waals surface area contributed by atoms with E-state index in [4.69, 9.17) is 11.5 Å². The fourth-order valence-electron chi connectivity index (χ4n) is 1.78. The minimum atomic E-state index is -0.667. The molecule has 0 radical (unpaired) electrons. The van der Waals surface area contributed by atoms with Gasteiger partial charge in [-0.1, -0.05) is 24.3 Å². The quantitative estimate of drug-likeness (QED) is 0.802. The third-order valence-electron chi connectivity index (χ3n) is 2.86. The van der Waals surface area contributed by atoms with Crippen LogP contribution in [0.5, 0.6) is 0 Å². The van der Waals surface area contributed by atoms with E-state index >= 15 is 0 Å². The second-order valence-corrected chi connectivity index (χ2v) is 4.25. The zero-order valence-electron chi connectivity index (χ0n) is 11.0. The second kappa shape index (κ2) is 5.58. The summed E-state index contributed by atoms with van der Waals surface area (Å²) in [6.45, 7) is 1.59. The number of carbonyl (C=O) groups is 2. The van der Waals surface area contributed by atoms with Gasteiger partial charge in [-0.15, -0.1) is 0 Å². The number of aromatic nitrogens is 2. The number of amides is 1. The predicted octanol–water partition coefficient (Wildman–Crippen LogP) is 0.904. The fraction of sp³-hybridized carbons (Fsp3) is 0.143. The van der Waals surface area contributed by atoms with Gasteiger partial charge in [-0.2, -0.15) is 0 Å². The molecule has 20 heavy (non-hydrogen) atoms. The number of primary amides is 1. The van der Waals surface area contributed by atoms with E-state index in [1.807, 2.05) is 0 Å². The lowest BCUT2D eigenvalue weighted by molar-refractivity contribution is 0.0991. The van der Waals surface area contributed by atoms with Crippen LogP contribution in [0.2, 0.25) is 0 Å². The van der Waals surface area contributed by atoms with Gasteiger partial charge in [-0.3, -0.25) is 14.6 Å². The van der Waals surface area contributed by atoms with Crippen LogP contribution in [-0.4, -0.2) is 21.7 Å². The molecule has 0 aliphatic rings. The van der Waals surface area contributed by atoms with Crippen LogP contribution >= 0.6 is 0 Å². The van der Waals surface area contributed by atoms with Crippen LogP contribution in [0.1, 0.15) is 33.5 Å². The standard InChI is InChI=1S/C14H14N4O2/c1-8(19)9-2-4-10(5-3-9)12-7-17-11(6-15)13(18-12)14(16)20/h2-5,7H,6,15H2,1H3,(H2,16,20). The number of rotatable bonds is 4. The normalized spacial score (nSPS) is 10.3. The maximum absolute atomic E-state index is 11.3. The Balaban J connectivity index is 2.45. The molecule has 102 valence electrons. The van der Waals surface area contributed by atoms with E-state index in [2.05, 4.69) is 9.97 Å². The SMILES string of the molecule is CC(=O)c1ccc(-c2cnc(CN)c(C(N)=O)n2)cc1. The Hall–Kier alpha value is -2.60. The summed E-state index contributed by atoms with van der Waals surface area (Å²) in [7, 11) is 0. The summed E-state index contributed by atoms with van der Waals surface area (Å²) in [4.78, 5) is 30.8. The molecule has 0 spiro atoms. The van der Waals surface area contributed by atoms with Crippen molar-refractivity contribution in [1.82, 2.24) is 9.97 Å². The molecule has 1 heterocycles. The molecule has 1 amide bonds. The molecule has 6 heteroatoms. The van der Waals surface area contributed by atoms with Crippen molar-refractivity contribution in [3.05, 3.63) is 47.4 Å². The summed E-state index contributed by atoms with van der Waals surface area (Å²) < 4.78 is 0. The zero-order valence-corrected chi connectivity index (χ0v) is 11.0. The van der Waals surface area contributed by atoms with Gasteiger partial charge in [0, 0.05) is 17.7 Å². The van der Waals surface area contributed by atoms with Crippen molar-refractivity contribution < 1.29 is 9.59 Å². The third-order valence-corrected chi connectivity index (χ3v) is 2.86. The second-order valence-electron chi connectivity index (χ2n) is 4.25. The minimum absolute atomic E-state index is 0.0149. The molecular formula is C14H14N4O2. The first-order chi connectivity index (χ1) is 9.52. The monoisotopic (exact) mass is 270 g/mol. The van der Waals surface area contributed by atoms with Crippen LogP contribution in [0.15, 0.2) is 30.5 Å². The molecule has 2 rings (SSSR count). The molecule has 0 aliphatic carbocycles. The number of nitrogens with two attached hydrogens (primary N) is 2. The van der Waals surface area contributed by atoms with Gasteiger partial charge in [0.15, 0.2) is 11.5 Å². The molecule has 4 N–H and O–H groups in total. The third kappa shape index (κ3) is 2.70. The van der Waals surface area contributed by atoms with E-state index in [9.17, 15) is 9.59 Å². The van der Waals surface area contributed by atoms with Crippen molar-refractivity contribution in [2.75, 3.05) is 0 Å². The smallest absolute Gasteiger partial charge is 0.269 e. The van der Waals surface area contributed by atoms with E-state index in [1.165, 1.54) is 13.1 Å². The molecule has 6 nitrogen and oxygen atoms in total. The van der Waals surface area contributed by atoms with Crippen LogP contribution in [0.3, 0.4) is 0 Å². The molecule has 1 aromatic heterocycles. The lowest BCUT2D eigenvalue weighted by atomic mass is 10.1. The van der Waals surface area contributed by atoms with Crippen LogP contribution in [-0.2, 0) is 6.54 Å². The lowest BCUT2D eigenvalue weighted by Crippen LogP contribution is -2.19. The first kappa shape index (κ1) is 13.8. The first-order valence-corrected chi connectivity index (χ1v) is 6.00. The van der Waals surface area contributed by atoms with Crippen LogP contribution in [0.25, 0.3) is 11.3 Å². The molecule has 1 aromatic carbocycles. The maximum atomic E-state index is 11.3. The van der Waals surface area contributed by atoms with Crippen molar-refractivity contribution in [2.45, 2.75) is 13.5 Å². The average molecular weight is 270 g/mol. The van der Waals surface area contributed by atoms with Gasteiger partial charge in [0.1, 0.15) is 0 Å². The van der Waals surface area contributed by atoms with E-state index in [0.717, 1.165) is 5.56 Å². The van der Waals surface area contributed by atoms with Gasteiger partial charge < -0.3 is 11.5 Å². The van der Waals surface area contributed by atoms with Gasteiger partial charge in [-0.25, -0.2) is 4.98 Å². The van der Waals surface area contributed by atoms with Crippen molar-refractivity contribution in [3.63, 3.8) is 0 Å². The summed E-state index contributed by atoms with van der Waals surface area (Å²) in [6.07, 6.45) is 1.53. The highest BCUT2D eigenvalue weighted by molar-refractivity contribution is 5.94. The van der Waals surface area contributed by atoms with Crippen LogP contribution in [0.4, 0.5) is 0 Å². The highest BCUT2D eigenvalue weighted by Gasteiger charge is 2.12. The molecule has 0 bridgehead atoms. The van der Waals surface area contributed by atoms with Gasteiger partial charge >= 0.3 is 0 Å². The zero-order chi connectivity index (χ0) is 14.7. The van der Waals surface area contributed by atoms with Gasteiger partial charge in [0.2, 0.25) is 0 Å². The number of hydrogen-bond donors (Lipinski definition) is 2. The number of benzene rings is 1. The Kier molecular flexibility index (Phi) is 3.86. The molecule has 2 aromatic rings. The Bertz CT molecular complexity index is 665. The highest BCUT2D eigenvalue weighted by Crippen LogP contribution is 2.18. The number of ketones is 1. The topological polar surface area (TPSA) is 112 Å². The summed E-state index contributed by atoms with van der Waals surface area (Å²) in [5.74, 6) is -0.681. The van der Waals surface area contributed by atoms with Crippen molar-refractivity contribution >= 4 is 11.7 Å². The number of hydrogen-bond acceptors (Lipinski definition) is 5. The van der Waals surface area contributed by atoms with E-state index < -0.39 is 5.91 Å². The molecule has 0 saturated heterocycles. The van der Waals surface area contributed by atoms with Crippen molar-refractivity contribution in [1.29, 1.82) is 0 Å². The predicted molar refractivity (Wildman–Crippen MR) is 73.9 cm³/mol. The van der Waals surface area contributed by atoms with E-state index in [-0.39, 0.29) is 18.0 Å². The number of carbonyl (C=O) groups excluding carboxylic acids is 2. The summed E-state index contributed by atoms with van der Waals surface area (Å²) in [6, 6.07) is 6.88. The number of Topliss-reactive ketones (excluding diaryl/α,β-unsaturated/α-hetero) is 1. The highest BCUT2D eigenvalue weighted by atomic mass is 16.1. The summed E-state index contributed by atoms with van der Waals surface area (Å²) >= 11 is 0. The van der Waals surface area contributed by atoms with E-state index in [1.54, 1.807) is 24.3 Å². The Morgan fingerprint density at radius 1 is 1.20 bits per heavy atom. The van der Waals surface area contributed by atoms with Gasteiger partial charge in [-0.05, 0) is 6.92 Å². The lowest BCUT2D eigenvalue weighted by Gasteiger charge is -2.06. The Morgan fingerprint density at radius 3 is 2.35 bits per heavy atom. The first-order valence-electron chi connectivity index (χ1n) is 6.00. The Morgan fingerprint density at radius 2 is 1.85 bits per heavy atom. The summed E-state index contributed by atoms with van der Waals surface area (Å²) in [5.41, 5.74) is 13.0. The van der Waals surface area contributed by atoms with Crippen LogP contribution in [0, 0.1) is 0 Å². The largest absolute Gasteiger partial charge is 0.364 e. The van der Waals surface area contributed by atoms with Crippen molar-refractivity contribution in [2.24, 2.45) is 11.5 Å². The molecular weight excluding hydrogens is 256 g/mol. The molecule has 0 fully saturated rings. The fourth-order valence-corrected chi connectivity index (χ4v) is 1.78. The van der Waals surface area contributed by atoms with Gasteiger partial charge in [0.05, 0.1) is 17.6 Å². The van der Waals surface area contributed by atoms with Gasteiger partial charge in [0.25, 0.3) is 5.91 Å². The van der Waals surface area contributed by atoms with Crippen molar-refractivity contribution in [3.8, 4) is 11.3 Å². The Labute approximate surface area is 115 Å². The molecule has 0 saturated carbocycles. The summed E-state index contributed by atoms with van der Waals surface area (Å²) in [5, 5.41) is 0. The maximum Gasteiger partial charge on any atom is 0.269 e. The van der Waals surface area contributed by atoms with E-state index in [0.29, 0.717) is 17.0 Å². The average Bonchev–Trinajstić information content (AvgIpc) is 2.46. The van der Waals surface area contributed by atoms with Crippen LogP contribution < -0.4 is 11.5 Å². The molecule has 0 atom stereocenters. The molecule has 0 unspecified atom stereocenters. The minimum Gasteiger partial charge on any atom is -0.364 e. The number of nitrogens with zero attached hydrogens (tertiary/aromatic N) is 2. The molecule has 0 aliphatic heterocycles.